The number of halogens is 1. The third-order valence-electron chi connectivity index (χ3n) is 3.59. The topological polar surface area (TPSA) is 94.5 Å². The molecule has 1 aliphatic rings. The van der Waals surface area contributed by atoms with Gasteiger partial charge in [-0.25, -0.2) is 0 Å². The summed E-state index contributed by atoms with van der Waals surface area (Å²) in [6, 6.07) is 3.95. The van der Waals surface area contributed by atoms with Crippen LogP contribution in [0.15, 0.2) is 22.8 Å². The van der Waals surface area contributed by atoms with E-state index < -0.39 is 5.91 Å². The number of nitrogens with zero attached hydrogens (tertiary/aromatic N) is 2. The summed E-state index contributed by atoms with van der Waals surface area (Å²) < 4.78 is 6.20. The van der Waals surface area contributed by atoms with E-state index in [9.17, 15) is 4.79 Å². The Morgan fingerprint density at radius 1 is 1.33 bits per heavy atom. The number of hydrogen-bond donors (Lipinski definition) is 2. The molecule has 6 nitrogen and oxygen atoms in total. The number of benzene rings is 1. The van der Waals surface area contributed by atoms with Crippen molar-refractivity contribution in [2.24, 2.45) is 5.73 Å². The summed E-state index contributed by atoms with van der Waals surface area (Å²) in [7, 11) is 0. The molecule has 0 atom stereocenters. The molecule has 0 spiro atoms. The van der Waals surface area contributed by atoms with E-state index in [-0.39, 0.29) is 5.56 Å². The molecule has 1 aliphatic heterocycles. The Bertz CT molecular complexity index is 714. The summed E-state index contributed by atoms with van der Waals surface area (Å²) >= 11 is 3.52. The number of pyridine rings is 1. The van der Waals surface area contributed by atoms with Gasteiger partial charge < -0.3 is 21.1 Å². The molecule has 1 aromatic carbocycles. The van der Waals surface area contributed by atoms with Crippen LogP contribution < -0.4 is 16.4 Å². The molecule has 4 N–H and O–H groups in total. The van der Waals surface area contributed by atoms with Gasteiger partial charge in [0.05, 0.1) is 30.0 Å². The number of aromatic nitrogens is 1. The average molecular weight is 351 g/mol. The van der Waals surface area contributed by atoms with Gasteiger partial charge >= 0.3 is 0 Å². The van der Waals surface area contributed by atoms with E-state index in [0.717, 1.165) is 34.2 Å². The molecule has 0 bridgehead atoms. The number of morpholine rings is 1. The highest BCUT2D eigenvalue weighted by Gasteiger charge is 2.17. The number of carbonyl (C=O) groups is 1. The summed E-state index contributed by atoms with van der Waals surface area (Å²) in [5.41, 5.74) is 13.8. The van der Waals surface area contributed by atoms with Crippen LogP contribution in [0.25, 0.3) is 10.9 Å². The first-order chi connectivity index (χ1) is 10.1. The first-order valence-corrected chi connectivity index (χ1v) is 7.37. The first-order valence-electron chi connectivity index (χ1n) is 6.58. The number of anilines is 2. The maximum Gasteiger partial charge on any atom is 0.252 e. The van der Waals surface area contributed by atoms with Crippen LogP contribution in [0.2, 0.25) is 0 Å². The standard InChI is InChI=1S/C14H15BrN4O2/c15-11-6-8(19-1-3-21-4-2-19)5-9-12(16)10(14(17)20)7-18-13(9)11/h5-7H,1-4H2,(H2,16,18)(H2,17,20). The predicted octanol–water partition coefficient (Wildman–Crippen LogP) is 1.52. The Morgan fingerprint density at radius 2 is 2.05 bits per heavy atom. The minimum absolute atomic E-state index is 0.244. The second-order valence-electron chi connectivity index (χ2n) is 4.87. The number of fused-ring (bicyclic) bond motifs is 1. The van der Waals surface area contributed by atoms with Gasteiger partial charge in [-0.2, -0.15) is 0 Å². The fourth-order valence-electron chi connectivity index (χ4n) is 2.47. The van der Waals surface area contributed by atoms with E-state index in [1.807, 2.05) is 12.1 Å². The number of amides is 1. The van der Waals surface area contributed by atoms with Crippen molar-refractivity contribution in [1.82, 2.24) is 4.98 Å². The molecule has 7 heteroatoms. The van der Waals surface area contributed by atoms with E-state index in [1.54, 1.807) is 0 Å². The Balaban J connectivity index is 2.16. The highest BCUT2D eigenvalue weighted by atomic mass is 79.9. The molecule has 2 heterocycles. The molecule has 0 saturated carbocycles. The van der Waals surface area contributed by atoms with Gasteiger partial charge in [-0.3, -0.25) is 9.78 Å². The van der Waals surface area contributed by atoms with Crippen LogP contribution in [0.1, 0.15) is 10.4 Å². The molecule has 1 fully saturated rings. The minimum Gasteiger partial charge on any atom is -0.397 e. The van der Waals surface area contributed by atoms with Gasteiger partial charge in [0, 0.05) is 34.8 Å². The lowest BCUT2D eigenvalue weighted by atomic mass is 10.1. The number of rotatable bonds is 2. The average Bonchev–Trinajstić information content (AvgIpc) is 2.48. The second-order valence-corrected chi connectivity index (χ2v) is 5.73. The van der Waals surface area contributed by atoms with E-state index >= 15 is 0 Å². The Morgan fingerprint density at radius 3 is 2.71 bits per heavy atom. The SMILES string of the molecule is NC(=O)c1cnc2c(Br)cc(N3CCOCC3)cc2c1N. The van der Waals surface area contributed by atoms with Crippen molar-refractivity contribution in [1.29, 1.82) is 0 Å². The molecule has 0 aliphatic carbocycles. The Hall–Kier alpha value is -1.86. The van der Waals surface area contributed by atoms with Crippen LogP contribution in [0, 0.1) is 0 Å². The van der Waals surface area contributed by atoms with Gasteiger partial charge in [0.15, 0.2) is 0 Å². The third kappa shape index (κ3) is 2.54. The molecule has 2 aromatic rings. The van der Waals surface area contributed by atoms with Gasteiger partial charge in [-0.15, -0.1) is 0 Å². The quantitative estimate of drug-likeness (QED) is 0.855. The van der Waals surface area contributed by atoms with Gasteiger partial charge in [-0.1, -0.05) is 0 Å². The molecule has 0 unspecified atom stereocenters. The number of nitrogen functional groups attached to an aromatic ring is 1. The van der Waals surface area contributed by atoms with Gasteiger partial charge in [0.25, 0.3) is 5.91 Å². The van der Waals surface area contributed by atoms with Crippen molar-refractivity contribution in [3.63, 3.8) is 0 Å². The Labute approximate surface area is 130 Å². The molecule has 3 rings (SSSR count). The number of ether oxygens (including phenoxy) is 1. The summed E-state index contributed by atoms with van der Waals surface area (Å²) in [4.78, 5) is 17.9. The zero-order chi connectivity index (χ0) is 15.0. The lowest BCUT2D eigenvalue weighted by Crippen LogP contribution is -2.36. The smallest absolute Gasteiger partial charge is 0.252 e. The molecule has 1 amide bonds. The van der Waals surface area contributed by atoms with Crippen LogP contribution in [0.3, 0.4) is 0 Å². The molecule has 21 heavy (non-hydrogen) atoms. The molecular formula is C14H15BrN4O2. The van der Waals surface area contributed by atoms with Gasteiger partial charge in [0.1, 0.15) is 0 Å². The molecule has 110 valence electrons. The fraction of sp³-hybridized carbons (Fsp3) is 0.286. The van der Waals surface area contributed by atoms with Crippen LogP contribution in [0.5, 0.6) is 0 Å². The summed E-state index contributed by atoms with van der Waals surface area (Å²) in [5.74, 6) is -0.574. The summed E-state index contributed by atoms with van der Waals surface area (Å²) in [5, 5.41) is 0.724. The molecule has 0 radical (unpaired) electrons. The van der Waals surface area contributed by atoms with Crippen molar-refractivity contribution in [3.05, 3.63) is 28.4 Å². The van der Waals surface area contributed by atoms with Crippen molar-refractivity contribution >= 4 is 44.1 Å². The predicted molar refractivity (Wildman–Crippen MR) is 85.4 cm³/mol. The molecular weight excluding hydrogens is 336 g/mol. The van der Waals surface area contributed by atoms with E-state index in [4.69, 9.17) is 16.2 Å². The fourth-order valence-corrected chi connectivity index (χ4v) is 3.02. The van der Waals surface area contributed by atoms with Crippen LogP contribution >= 0.6 is 15.9 Å². The van der Waals surface area contributed by atoms with Crippen molar-refractivity contribution in [3.8, 4) is 0 Å². The third-order valence-corrected chi connectivity index (χ3v) is 4.20. The largest absolute Gasteiger partial charge is 0.397 e. The molecule has 1 saturated heterocycles. The summed E-state index contributed by atoms with van der Waals surface area (Å²) in [6.45, 7) is 3.04. The van der Waals surface area contributed by atoms with Crippen LogP contribution in [-0.2, 0) is 4.74 Å². The number of hydrogen-bond acceptors (Lipinski definition) is 5. The number of nitrogens with two attached hydrogens (primary N) is 2. The lowest BCUT2D eigenvalue weighted by molar-refractivity contribution is 0.100. The maximum atomic E-state index is 11.4. The Kier molecular flexibility index (Phi) is 3.69. The van der Waals surface area contributed by atoms with Crippen LogP contribution in [0.4, 0.5) is 11.4 Å². The molecule has 1 aromatic heterocycles. The lowest BCUT2D eigenvalue weighted by Gasteiger charge is -2.29. The summed E-state index contributed by atoms with van der Waals surface area (Å²) in [6.07, 6.45) is 1.42. The van der Waals surface area contributed by atoms with E-state index in [0.29, 0.717) is 18.9 Å². The van der Waals surface area contributed by atoms with Crippen LogP contribution in [-0.4, -0.2) is 37.2 Å². The van der Waals surface area contributed by atoms with Crippen molar-refractivity contribution < 1.29 is 9.53 Å². The van der Waals surface area contributed by atoms with E-state index in [1.165, 1.54) is 6.20 Å². The van der Waals surface area contributed by atoms with Crippen molar-refractivity contribution in [2.75, 3.05) is 36.9 Å². The highest BCUT2D eigenvalue weighted by Crippen LogP contribution is 2.33. The van der Waals surface area contributed by atoms with Crippen molar-refractivity contribution in [2.45, 2.75) is 0 Å². The zero-order valence-corrected chi connectivity index (χ0v) is 12.9. The normalized spacial score (nSPS) is 15.4. The van der Waals surface area contributed by atoms with Gasteiger partial charge in [0.2, 0.25) is 0 Å². The maximum absolute atomic E-state index is 11.4. The zero-order valence-electron chi connectivity index (χ0n) is 11.3. The minimum atomic E-state index is -0.574. The number of primary amides is 1. The van der Waals surface area contributed by atoms with Gasteiger partial charge in [-0.05, 0) is 28.1 Å². The highest BCUT2D eigenvalue weighted by molar-refractivity contribution is 9.10. The first kappa shape index (κ1) is 14.1. The number of carbonyl (C=O) groups excluding carboxylic acids is 1. The second kappa shape index (κ2) is 5.50. The monoisotopic (exact) mass is 350 g/mol. The van der Waals surface area contributed by atoms with E-state index in [2.05, 4.69) is 25.8 Å².